The number of nitrogens with zero attached hydrogens (tertiary/aromatic N) is 3. The Bertz CT molecular complexity index is 492. The molecule has 3 heterocycles. The summed E-state index contributed by atoms with van der Waals surface area (Å²) in [4.78, 5) is 23.3. The summed E-state index contributed by atoms with van der Waals surface area (Å²) >= 11 is 0. The summed E-state index contributed by atoms with van der Waals surface area (Å²) in [6, 6.07) is 0. The quantitative estimate of drug-likeness (QED) is 0.834. The minimum atomic E-state index is 0.175. The van der Waals surface area contributed by atoms with Crippen LogP contribution in [0.2, 0.25) is 0 Å². The van der Waals surface area contributed by atoms with Gasteiger partial charge in [-0.15, -0.1) is 0 Å². The zero-order chi connectivity index (χ0) is 14.7. The fraction of sp³-hybridized carbons (Fsp3) is 0.688. The van der Waals surface area contributed by atoms with Crippen molar-refractivity contribution in [2.24, 2.45) is 5.92 Å². The molecule has 1 aromatic heterocycles. The fourth-order valence-electron chi connectivity index (χ4n) is 3.28. The van der Waals surface area contributed by atoms with Gasteiger partial charge in [0.1, 0.15) is 0 Å². The van der Waals surface area contributed by atoms with Gasteiger partial charge in [-0.2, -0.15) is 0 Å². The van der Waals surface area contributed by atoms with E-state index in [4.69, 9.17) is 4.74 Å². The van der Waals surface area contributed by atoms with Crippen LogP contribution >= 0.6 is 0 Å². The molecule has 2 aliphatic heterocycles. The molecular formula is C16H23N3O2. The molecule has 5 nitrogen and oxygen atoms in total. The number of hydrogen-bond acceptors (Lipinski definition) is 4. The highest BCUT2D eigenvalue weighted by Crippen LogP contribution is 2.28. The molecule has 0 bridgehead atoms. The van der Waals surface area contributed by atoms with E-state index in [1.165, 1.54) is 0 Å². The Morgan fingerprint density at radius 3 is 2.57 bits per heavy atom. The highest BCUT2D eigenvalue weighted by molar-refractivity contribution is 5.79. The summed E-state index contributed by atoms with van der Waals surface area (Å²) in [5.74, 6) is 0.942. The molecule has 2 fully saturated rings. The van der Waals surface area contributed by atoms with Crippen molar-refractivity contribution in [3.05, 3.63) is 23.8 Å². The lowest BCUT2D eigenvalue weighted by Crippen LogP contribution is -2.42. The fourth-order valence-corrected chi connectivity index (χ4v) is 3.28. The van der Waals surface area contributed by atoms with Gasteiger partial charge in [-0.25, -0.2) is 0 Å². The second-order valence-electron chi connectivity index (χ2n) is 6.07. The van der Waals surface area contributed by atoms with E-state index in [1.54, 1.807) is 6.20 Å². The van der Waals surface area contributed by atoms with Crippen LogP contribution in [0, 0.1) is 12.8 Å². The van der Waals surface area contributed by atoms with Crippen molar-refractivity contribution in [1.29, 1.82) is 0 Å². The summed E-state index contributed by atoms with van der Waals surface area (Å²) in [7, 11) is 0. The van der Waals surface area contributed by atoms with Gasteiger partial charge in [0.05, 0.1) is 11.4 Å². The summed E-state index contributed by atoms with van der Waals surface area (Å²) in [5.41, 5.74) is 2.04. The normalized spacial score (nSPS) is 21.5. The predicted molar refractivity (Wildman–Crippen MR) is 78.9 cm³/mol. The average molecular weight is 289 g/mol. The number of carbonyl (C=O) groups is 1. The van der Waals surface area contributed by atoms with E-state index in [0.717, 1.165) is 63.4 Å². The van der Waals surface area contributed by atoms with Crippen molar-refractivity contribution in [1.82, 2.24) is 14.9 Å². The maximum atomic E-state index is 12.5. The van der Waals surface area contributed by atoms with E-state index < -0.39 is 0 Å². The van der Waals surface area contributed by atoms with Gasteiger partial charge in [0.25, 0.3) is 0 Å². The van der Waals surface area contributed by atoms with Gasteiger partial charge in [0.15, 0.2) is 0 Å². The number of hydrogen-bond donors (Lipinski definition) is 0. The number of amides is 1. The van der Waals surface area contributed by atoms with Crippen LogP contribution in [0.1, 0.15) is 43.0 Å². The molecule has 21 heavy (non-hydrogen) atoms. The molecule has 0 aromatic carbocycles. The highest BCUT2D eigenvalue weighted by Gasteiger charge is 2.30. The number of carbonyl (C=O) groups excluding carboxylic acids is 1. The molecule has 2 saturated heterocycles. The SMILES string of the molecule is Cc1cncc(C2CCN(C(=O)C3CCOCC3)CC2)n1. The summed E-state index contributed by atoms with van der Waals surface area (Å²) in [6.07, 6.45) is 7.39. The molecule has 5 heteroatoms. The monoisotopic (exact) mass is 289 g/mol. The molecule has 2 aliphatic rings. The number of aryl methyl sites for hydroxylation is 1. The Hall–Kier alpha value is -1.49. The summed E-state index contributed by atoms with van der Waals surface area (Å²) in [5, 5.41) is 0. The van der Waals surface area contributed by atoms with E-state index >= 15 is 0 Å². The van der Waals surface area contributed by atoms with Crippen molar-refractivity contribution < 1.29 is 9.53 Å². The molecule has 0 unspecified atom stereocenters. The third-order valence-electron chi connectivity index (χ3n) is 4.57. The van der Waals surface area contributed by atoms with Crippen LogP contribution in [0.25, 0.3) is 0 Å². The van der Waals surface area contributed by atoms with Crippen LogP contribution in [0.15, 0.2) is 12.4 Å². The number of aromatic nitrogens is 2. The largest absolute Gasteiger partial charge is 0.381 e. The maximum Gasteiger partial charge on any atom is 0.225 e. The molecule has 0 aliphatic carbocycles. The number of rotatable bonds is 2. The van der Waals surface area contributed by atoms with Gasteiger partial charge in [-0.3, -0.25) is 14.8 Å². The van der Waals surface area contributed by atoms with Crippen LogP contribution in [0.5, 0.6) is 0 Å². The van der Waals surface area contributed by atoms with E-state index in [1.807, 2.05) is 18.0 Å². The molecule has 0 N–H and O–H groups in total. The van der Waals surface area contributed by atoms with Gasteiger partial charge in [0, 0.05) is 50.5 Å². The first-order valence-electron chi connectivity index (χ1n) is 7.89. The van der Waals surface area contributed by atoms with Crippen LogP contribution in [0.3, 0.4) is 0 Å². The van der Waals surface area contributed by atoms with Crippen LogP contribution in [-0.4, -0.2) is 47.1 Å². The third kappa shape index (κ3) is 3.40. The lowest BCUT2D eigenvalue weighted by Gasteiger charge is -2.35. The van der Waals surface area contributed by atoms with Crippen LogP contribution in [0.4, 0.5) is 0 Å². The molecule has 3 rings (SSSR count). The second-order valence-corrected chi connectivity index (χ2v) is 6.07. The molecular weight excluding hydrogens is 266 g/mol. The molecule has 0 saturated carbocycles. The topological polar surface area (TPSA) is 55.3 Å². The van der Waals surface area contributed by atoms with E-state index in [2.05, 4.69) is 9.97 Å². The summed E-state index contributed by atoms with van der Waals surface area (Å²) < 4.78 is 5.34. The molecule has 114 valence electrons. The van der Waals surface area contributed by atoms with E-state index in [-0.39, 0.29) is 5.92 Å². The first kappa shape index (κ1) is 14.4. The van der Waals surface area contributed by atoms with Crippen LogP contribution in [-0.2, 0) is 9.53 Å². The standard InChI is InChI=1S/C16H23N3O2/c1-12-10-17-11-15(18-12)13-2-6-19(7-3-13)16(20)14-4-8-21-9-5-14/h10-11,13-14H,2-9H2,1H3. The Morgan fingerprint density at radius 2 is 1.90 bits per heavy atom. The van der Waals surface area contributed by atoms with Crippen molar-refractivity contribution in [2.45, 2.75) is 38.5 Å². The summed E-state index contributed by atoms with van der Waals surface area (Å²) in [6.45, 7) is 5.12. The molecule has 1 amide bonds. The van der Waals surface area contributed by atoms with Crippen LogP contribution < -0.4 is 0 Å². The Balaban J connectivity index is 1.56. The third-order valence-corrected chi connectivity index (χ3v) is 4.57. The van der Waals surface area contributed by atoms with Crippen molar-refractivity contribution in [3.63, 3.8) is 0 Å². The van der Waals surface area contributed by atoms with Gasteiger partial charge in [-0.1, -0.05) is 0 Å². The molecule has 0 atom stereocenters. The maximum absolute atomic E-state index is 12.5. The predicted octanol–water partition coefficient (Wildman–Crippen LogP) is 1.92. The number of ether oxygens (including phenoxy) is 1. The lowest BCUT2D eigenvalue weighted by molar-refractivity contribution is -0.139. The minimum Gasteiger partial charge on any atom is -0.381 e. The van der Waals surface area contributed by atoms with Gasteiger partial charge in [0.2, 0.25) is 5.91 Å². The Kier molecular flexibility index (Phi) is 4.48. The van der Waals surface area contributed by atoms with Gasteiger partial charge in [-0.05, 0) is 32.6 Å². The highest BCUT2D eigenvalue weighted by atomic mass is 16.5. The Labute approximate surface area is 125 Å². The minimum absolute atomic E-state index is 0.175. The second kappa shape index (κ2) is 6.52. The molecule has 0 radical (unpaired) electrons. The lowest BCUT2D eigenvalue weighted by atomic mass is 9.91. The number of likely N-dealkylation sites (tertiary alicyclic amines) is 1. The zero-order valence-corrected chi connectivity index (χ0v) is 12.6. The zero-order valence-electron chi connectivity index (χ0n) is 12.6. The Morgan fingerprint density at radius 1 is 1.19 bits per heavy atom. The first-order chi connectivity index (χ1) is 10.2. The van der Waals surface area contributed by atoms with E-state index in [9.17, 15) is 4.79 Å². The number of piperidine rings is 1. The molecule has 1 aromatic rings. The van der Waals surface area contributed by atoms with Gasteiger partial charge >= 0.3 is 0 Å². The van der Waals surface area contributed by atoms with Gasteiger partial charge < -0.3 is 9.64 Å². The molecule has 0 spiro atoms. The van der Waals surface area contributed by atoms with E-state index in [0.29, 0.717) is 11.8 Å². The van der Waals surface area contributed by atoms with Crippen molar-refractivity contribution in [2.75, 3.05) is 26.3 Å². The van der Waals surface area contributed by atoms with Crippen molar-refractivity contribution in [3.8, 4) is 0 Å². The smallest absolute Gasteiger partial charge is 0.225 e. The average Bonchev–Trinajstić information content (AvgIpc) is 2.55. The van der Waals surface area contributed by atoms with Crippen molar-refractivity contribution >= 4 is 5.91 Å². The first-order valence-corrected chi connectivity index (χ1v) is 7.89.